The van der Waals surface area contributed by atoms with E-state index >= 15 is 0 Å². The SMILES string of the molecule is Cc1cc(C(C)Nc2ccc(Cl)nc2C(=O)O)c2nc(-c3oc(C)nc3C)n(C)c(=O)c2c1. The fourth-order valence-corrected chi connectivity index (χ4v) is 4.00. The molecule has 0 fully saturated rings. The number of hydrogen-bond donors (Lipinski definition) is 2. The highest BCUT2D eigenvalue weighted by Gasteiger charge is 2.22. The first-order valence-electron chi connectivity index (χ1n) is 10.2. The van der Waals surface area contributed by atoms with Gasteiger partial charge in [0.1, 0.15) is 5.15 Å². The predicted molar refractivity (Wildman–Crippen MR) is 125 cm³/mol. The third-order valence-corrected chi connectivity index (χ3v) is 5.57. The molecule has 0 aliphatic carbocycles. The number of carboxylic acid groups (broad SMARTS) is 1. The van der Waals surface area contributed by atoms with Crippen molar-refractivity contribution in [1.29, 1.82) is 0 Å². The number of fused-ring (bicyclic) bond motifs is 1. The summed E-state index contributed by atoms with van der Waals surface area (Å²) in [4.78, 5) is 37.9. The van der Waals surface area contributed by atoms with Gasteiger partial charge in [0, 0.05) is 19.5 Å². The molecule has 0 amide bonds. The van der Waals surface area contributed by atoms with Crippen LogP contribution >= 0.6 is 11.6 Å². The second-order valence-electron chi connectivity index (χ2n) is 7.90. The molecule has 3 heterocycles. The van der Waals surface area contributed by atoms with Crippen LogP contribution in [-0.4, -0.2) is 30.6 Å². The standard InChI is InChI=1S/C23H22ClN5O4/c1-10-8-14(11(2)26-16-6-7-17(24)27-19(16)23(31)32)18-15(9-10)22(30)29(5)21(28-18)20-12(3)25-13(4)33-20/h6-9,11,26H,1-5H3,(H,31,32). The van der Waals surface area contributed by atoms with E-state index < -0.39 is 12.0 Å². The number of hydrogen-bond acceptors (Lipinski definition) is 7. The number of halogens is 1. The number of aryl methyl sites for hydroxylation is 3. The fourth-order valence-electron chi connectivity index (χ4n) is 3.85. The monoisotopic (exact) mass is 467 g/mol. The van der Waals surface area contributed by atoms with Crippen LogP contribution in [0.25, 0.3) is 22.5 Å². The van der Waals surface area contributed by atoms with E-state index in [1.807, 2.05) is 19.9 Å². The molecular formula is C23H22ClN5O4. The number of pyridine rings is 1. The number of rotatable bonds is 5. The van der Waals surface area contributed by atoms with Crippen LogP contribution < -0.4 is 10.9 Å². The lowest BCUT2D eigenvalue weighted by molar-refractivity contribution is 0.0691. The van der Waals surface area contributed by atoms with Gasteiger partial charge < -0.3 is 14.8 Å². The van der Waals surface area contributed by atoms with Crippen molar-refractivity contribution < 1.29 is 14.3 Å². The van der Waals surface area contributed by atoms with E-state index in [0.29, 0.717) is 39.8 Å². The van der Waals surface area contributed by atoms with Crippen LogP contribution in [0.15, 0.2) is 33.5 Å². The van der Waals surface area contributed by atoms with Crippen molar-refractivity contribution in [3.8, 4) is 11.6 Å². The van der Waals surface area contributed by atoms with Crippen LogP contribution in [-0.2, 0) is 7.05 Å². The summed E-state index contributed by atoms with van der Waals surface area (Å²) in [6.45, 7) is 7.27. The van der Waals surface area contributed by atoms with Gasteiger partial charge in [0.05, 0.1) is 28.3 Å². The number of carboxylic acids is 1. The van der Waals surface area contributed by atoms with Gasteiger partial charge in [-0.05, 0) is 44.5 Å². The molecule has 1 unspecified atom stereocenters. The summed E-state index contributed by atoms with van der Waals surface area (Å²) in [6.07, 6.45) is 0. The van der Waals surface area contributed by atoms with Gasteiger partial charge in [0.2, 0.25) is 0 Å². The highest BCUT2D eigenvalue weighted by molar-refractivity contribution is 6.29. The molecule has 170 valence electrons. The minimum Gasteiger partial charge on any atom is -0.476 e. The van der Waals surface area contributed by atoms with Crippen molar-refractivity contribution in [1.82, 2.24) is 19.5 Å². The van der Waals surface area contributed by atoms with E-state index in [0.717, 1.165) is 11.1 Å². The van der Waals surface area contributed by atoms with E-state index in [2.05, 4.69) is 15.3 Å². The minimum absolute atomic E-state index is 0.0825. The largest absolute Gasteiger partial charge is 0.476 e. The van der Waals surface area contributed by atoms with Gasteiger partial charge in [-0.2, -0.15) is 0 Å². The Labute approximate surface area is 194 Å². The van der Waals surface area contributed by atoms with E-state index in [1.54, 1.807) is 33.0 Å². The van der Waals surface area contributed by atoms with Gasteiger partial charge >= 0.3 is 5.97 Å². The molecular weight excluding hydrogens is 446 g/mol. The molecule has 0 spiro atoms. The lowest BCUT2D eigenvalue weighted by atomic mass is 10.0. The van der Waals surface area contributed by atoms with Gasteiger partial charge in [-0.15, -0.1) is 0 Å². The Balaban J connectivity index is 1.90. The maximum absolute atomic E-state index is 13.2. The van der Waals surface area contributed by atoms with Crippen LogP contribution in [0, 0.1) is 20.8 Å². The average Bonchev–Trinajstić information content (AvgIpc) is 3.09. The summed E-state index contributed by atoms with van der Waals surface area (Å²) >= 11 is 5.87. The molecule has 0 aliphatic rings. The van der Waals surface area contributed by atoms with Crippen molar-refractivity contribution in [2.75, 3.05) is 5.32 Å². The maximum Gasteiger partial charge on any atom is 0.356 e. The second kappa shape index (κ2) is 8.32. The number of carbonyl (C=O) groups is 1. The van der Waals surface area contributed by atoms with Crippen LogP contribution in [0.4, 0.5) is 5.69 Å². The quantitative estimate of drug-likeness (QED) is 0.413. The van der Waals surface area contributed by atoms with Gasteiger partial charge in [-0.1, -0.05) is 17.7 Å². The molecule has 1 aromatic carbocycles. The molecule has 0 saturated heterocycles. The van der Waals surface area contributed by atoms with Crippen molar-refractivity contribution in [3.63, 3.8) is 0 Å². The van der Waals surface area contributed by atoms with Crippen LogP contribution in [0.3, 0.4) is 0 Å². The zero-order valence-electron chi connectivity index (χ0n) is 18.7. The zero-order chi connectivity index (χ0) is 24.0. The van der Waals surface area contributed by atoms with Gasteiger partial charge in [-0.25, -0.2) is 19.7 Å². The second-order valence-corrected chi connectivity index (χ2v) is 8.29. The molecule has 33 heavy (non-hydrogen) atoms. The van der Waals surface area contributed by atoms with Crippen molar-refractivity contribution in [2.24, 2.45) is 7.05 Å². The summed E-state index contributed by atoms with van der Waals surface area (Å²) in [5, 5.41) is 13.2. The fraction of sp³-hybridized carbons (Fsp3) is 0.261. The highest BCUT2D eigenvalue weighted by Crippen LogP contribution is 2.30. The smallest absolute Gasteiger partial charge is 0.356 e. The maximum atomic E-state index is 13.2. The molecule has 2 N–H and O–H groups in total. The summed E-state index contributed by atoms with van der Waals surface area (Å²) < 4.78 is 7.17. The molecule has 4 aromatic rings. The molecule has 0 aliphatic heterocycles. The van der Waals surface area contributed by atoms with E-state index in [4.69, 9.17) is 21.0 Å². The normalized spacial score (nSPS) is 12.2. The van der Waals surface area contributed by atoms with Crippen molar-refractivity contribution in [3.05, 3.63) is 68.2 Å². The molecule has 0 saturated carbocycles. The molecule has 10 heteroatoms. The Morgan fingerprint density at radius 3 is 2.55 bits per heavy atom. The van der Waals surface area contributed by atoms with Crippen LogP contribution in [0.5, 0.6) is 0 Å². The zero-order valence-corrected chi connectivity index (χ0v) is 19.5. The number of nitrogens with zero attached hydrogens (tertiary/aromatic N) is 4. The Morgan fingerprint density at radius 2 is 1.91 bits per heavy atom. The Bertz CT molecular complexity index is 1470. The molecule has 9 nitrogen and oxygen atoms in total. The number of nitrogens with one attached hydrogen (secondary N) is 1. The third-order valence-electron chi connectivity index (χ3n) is 5.36. The highest BCUT2D eigenvalue weighted by atomic mass is 35.5. The first-order chi connectivity index (χ1) is 15.6. The summed E-state index contributed by atoms with van der Waals surface area (Å²) in [7, 11) is 1.64. The number of anilines is 1. The summed E-state index contributed by atoms with van der Waals surface area (Å²) in [5.74, 6) is 0.0673. The first kappa shape index (κ1) is 22.5. The number of benzene rings is 1. The van der Waals surface area contributed by atoms with Gasteiger partial charge in [0.15, 0.2) is 23.2 Å². The molecule has 0 bridgehead atoms. The molecule has 3 aromatic heterocycles. The lowest BCUT2D eigenvalue weighted by Crippen LogP contribution is -2.22. The number of oxazole rings is 1. The van der Waals surface area contributed by atoms with Crippen molar-refractivity contribution in [2.45, 2.75) is 33.7 Å². The molecule has 0 radical (unpaired) electrons. The topological polar surface area (TPSA) is 123 Å². The predicted octanol–water partition coefficient (Wildman–Crippen LogP) is 4.43. The summed E-state index contributed by atoms with van der Waals surface area (Å²) in [5.41, 5.74) is 2.61. The van der Waals surface area contributed by atoms with Crippen molar-refractivity contribution >= 4 is 34.2 Å². The average molecular weight is 468 g/mol. The third kappa shape index (κ3) is 4.07. The number of aromatic nitrogens is 4. The molecule has 1 atom stereocenters. The summed E-state index contributed by atoms with van der Waals surface area (Å²) in [6, 6.07) is 6.37. The van der Waals surface area contributed by atoms with E-state index in [1.165, 1.54) is 10.6 Å². The van der Waals surface area contributed by atoms with E-state index in [-0.39, 0.29) is 16.4 Å². The molecule has 4 rings (SSSR count). The van der Waals surface area contributed by atoms with E-state index in [9.17, 15) is 14.7 Å². The minimum atomic E-state index is -1.20. The Morgan fingerprint density at radius 1 is 1.18 bits per heavy atom. The van der Waals surface area contributed by atoms with Gasteiger partial charge in [0.25, 0.3) is 5.56 Å². The Kier molecular flexibility index (Phi) is 5.67. The van der Waals surface area contributed by atoms with Gasteiger partial charge in [-0.3, -0.25) is 9.36 Å². The van der Waals surface area contributed by atoms with Crippen LogP contribution in [0.2, 0.25) is 5.15 Å². The first-order valence-corrected chi connectivity index (χ1v) is 10.6. The Hall–Kier alpha value is -3.72. The number of aromatic carboxylic acids is 1. The lowest BCUT2D eigenvalue weighted by Gasteiger charge is -2.20. The van der Waals surface area contributed by atoms with Crippen LogP contribution in [0.1, 0.15) is 46.2 Å².